The first kappa shape index (κ1) is 14.6. The standard InChI is InChI=1S/C16H22N2O2/c1-6-18(7-2)14(19)11-8-9-13-12(10-11)16(3,4)15(20)17(13)5/h8-10H,6-7H2,1-5H3. The summed E-state index contributed by atoms with van der Waals surface area (Å²) in [5.41, 5.74) is 1.92. The van der Waals surface area contributed by atoms with Crippen LogP contribution in [0.15, 0.2) is 18.2 Å². The molecule has 1 aliphatic heterocycles. The summed E-state index contributed by atoms with van der Waals surface area (Å²) < 4.78 is 0. The molecular weight excluding hydrogens is 252 g/mol. The number of fused-ring (bicyclic) bond motifs is 1. The number of carbonyl (C=O) groups is 2. The van der Waals surface area contributed by atoms with Gasteiger partial charge in [-0.2, -0.15) is 0 Å². The minimum absolute atomic E-state index is 0.0237. The van der Waals surface area contributed by atoms with Crippen molar-refractivity contribution >= 4 is 17.5 Å². The van der Waals surface area contributed by atoms with Crippen molar-refractivity contribution in [2.45, 2.75) is 33.1 Å². The van der Waals surface area contributed by atoms with E-state index in [9.17, 15) is 9.59 Å². The number of hydrogen-bond donors (Lipinski definition) is 0. The Bertz CT molecular complexity index is 560. The Balaban J connectivity index is 2.46. The Hall–Kier alpha value is -1.84. The van der Waals surface area contributed by atoms with Gasteiger partial charge in [-0.15, -0.1) is 0 Å². The first-order chi connectivity index (χ1) is 9.34. The van der Waals surface area contributed by atoms with Crippen LogP contribution in [0.4, 0.5) is 5.69 Å². The van der Waals surface area contributed by atoms with Crippen LogP contribution < -0.4 is 4.90 Å². The molecule has 0 atom stereocenters. The molecule has 1 aliphatic rings. The SMILES string of the molecule is CCN(CC)C(=O)c1ccc2c(c1)C(C)(C)C(=O)N2C. The molecule has 0 unspecified atom stereocenters. The first-order valence-corrected chi connectivity index (χ1v) is 7.06. The van der Waals surface area contributed by atoms with Gasteiger partial charge < -0.3 is 9.80 Å². The van der Waals surface area contributed by atoms with Gasteiger partial charge >= 0.3 is 0 Å². The molecule has 0 bridgehead atoms. The lowest BCUT2D eigenvalue weighted by Gasteiger charge is -2.20. The summed E-state index contributed by atoms with van der Waals surface area (Å²) >= 11 is 0. The summed E-state index contributed by atoms with van der Waals surface area (Å²) in [5.74, 6) is 0.0931. The molecule has 4 nitrogen and oxygen atoms in total. The van der Waals surface area contributed by atoms with Crippen LogP contribution in [0.1, 0.15) is 43.6 Å². The Morgan fingerprint density at radius 3 is 2.40 bits per heavy atom. The highest BCUT2D eigenvalue weighted by Crippen LogP contribution is 2.41. The molecule has 1 aromatic rings. The maximum Gasteiger partial charge on any atom is 0.253 e. The van der Waals surface area contributed by atoms with E-state index in [0.717, 1.165) is 11.3 Å². The third kappa shape index (κ3) is 1.99. The Labute approximate surface area is 120 Å². The van der Waals surface area contributed by atoms with Gasteiger partial charge in [-0.3, -0.25) is 9.59 Å². The molecule has 2 rings (SSSR count). The third-order valence-corrected chi connectivity index (χ3v) is 4.17. The van der Waals surface area contributed by atoms with Gasteiger partial charge in [-0.05, 0) is 51.5 Å². The zero-order valence-corrected chi connectivity index (χ0v) is 12.9. The molecule has 4 heteroatoms. The van der Waals surface area contributed by atoms with Crippen LogP contribution in [-0.4, -0.2) is 36.9 Å². The number of carbonyl (C=O) groups excluding carboxylic acids is 2. The molecule has 1 heterocycles. The highest BCUT2D eigenvalue weighted by molar-refractivity contribution is 6.08. The number of amides is 2. The lowest BCUT2D eigenvalue weighted by Crippen LogP contribution is -2.33. The number of rotatable bonds is 3. The molecule has 108 valence electrons. The maximum atomic E-state index is 12.4. The van der Waals surface area contributed by atoms with Gasteiger partial charge in [0.15, 0.2) is 0 Å². The van der Waals surface area contributed by atoms with Crippen molar-refractivity contribution in [3.05, 3.63) is 29.3 Å². The van der Waals surface area contributed by atoms with Crippen LogP contribution in [0.5, 0.6) is 0 Å². The molecular formula is C16H22N2O2. The van der Waals surface area contributed by atoms with Crippen molar-refractivity contribution in [2.24, 2.45) is 0 Å². The van der Waals surface area contributed by atoms with Crippen LogP contribution in [0.3, 0.4) is 0 Å². The third-order valence-electron chi connectivity index (χ3n) is 4.17. The van der Waals surface area contributed by atoms with Gasteiger partial charge in [0.05, 0.1) is 5.41 Å². The van der Waals surface area contributed by atoms with E-state index in [1.165, 1.54) is 0 Å². The van der Waals surface area contributed by atoms with Crippen LogP contribution >= 0.6 is 0 Å². The van der Waals surface area contributed by atoms with Crippen molar-refractivity contribution in [2.75, 3.05) is 25.0 Å². The molecule has 0 saturated carbocycles. The van der Waals surface area contributed by atoms with Crippen molar-refractivity contribution in [1.82, 2.24) is 4.90 Å². The molecule has 0 saturated heterocycles. The minimum atomic E-state index is -0.566. The Morgan fingerprint density at radius 1 is 1.25 bits per heavy atom. The summed E-state index contributed by atoms with van der Waals surface area (Å²) in [6.45, 7) is 9.13. The van der Waals surface area contributed by atoms with E-state index in [1.807, 2.05) is 45.9 Å². The second kappa shape index (κ2) is 4.93. The van der Waals surface area contributed by atoms with Gasteiger partial charge in [0.2, 0.25) is 5.91 Å². The van der Waals surface area contributed by atoms with Gasteiger partial charge in [-0.25, -0.2) is 0 Å². The topological polar surface area (TPSA) is 40.6 Å². The summed E-state index contributed by atoms with van der Waals surface area (Å²) in [6, 6.07) is 5.56. The van der Waals surface area contributed by atoms with E-state index in [0.29, 0.717) is 18.7 Å². The molecule has 0 aromatic heterocycles. The predicted molar refractivity (Wildman–Crippen MR) is 80.1 cm³/mol. The van der Waals surface area contributed by atoms with Crippen LogP contribution in [0, 0.1) is 0 Å². The molecule has 1 aromatic carbocycles. The molecule has 2 amide bonds. The fourth-order valence-corrected chi connectivity index (χ4v) is 2.80. The molecule has 0 N–H and O–H groups in total. The highest BCUT2D eigenvalue weighted by Gasteiger charge is 2.42. The molecule has 0 aliphatic carbocycles. The zero-order valence-electron chi connectivity index (χ0n) is 12.9. The highest BCUT2D eigenvalue weighted by atomic mass is 16.2. The zero-order chi connectivity index (χ0) is 15.1. The van der Waals surface area contributed by atoms with Crippen LogP contribution in [0.2, 0.25) is 0 Å². The summed E-state index contributed by atoms with van der Waals surface area (Å²) in [7, 11) is 1.78. The second-order valence-electron chi connectivity index (χ2n) is 5.70. The van der Waals surface area contributed by atoms with E-state index in [4.69, 9.17) is 0 Å². The first-order valence-electron chi connectivity index (χ1n) is 7.06. The Kier molecular flexibility index (Phi) is 3.59. The number of likely N-dealkylation sites (N-methyl/N-ethyl adjacent to an activating group) is 1. The fourth-order valence-electron chi connectivity index (χ4n) is 2.80. The summed E-state index contributed by atoms with van der Waals surface area (Å²) in [4.78, 5) is 28.1. The molecule has 0 spiro atoms. The summed E-state index contributed by atoms with van der Waals surface area (Å²) in [6.07, 6.45) is 0. The van der Waals surface area contributed by atoms with Crippen molar-refractivity contribution < 1.29 is 9.59 Å². The number of nitrogens with zero attached hydrogens (tertiary/aromatic N) is 2. The fraction of sp³-hybridized carbons (Fsp3) is 0.500. The maximum absolute atomic E-state index is 12.4. The average Bonchev–Trinajstić information content (AvgIpc) is 2.61. The van der Waals surface area contributed by atoms with E-state index in [-0.39, 0.29) is 11.8 Å². The molecule has 0 fully saturated rings. The van der Waals surface area contributed by atoms with Crippen molar-refractivity contribution in [3.8, 4) is 0 Å². The number of benzene rings is 1. The van der Waals surface area contributed by atoms with Crippen molar-refractivity contribution in [3.63, 3.8) is 0 Å². The lowest BCUT2D eigenvalue weighted by atomic mass is 9.85. The molecule has 20 heavy (non-hydrogen) atoms. The van der Waals surface area contributed by atoms with E-state index in [2.05, 4.69) is 0 Å². The second-order valence-corrected chi connectivity index (χ2v) is 5.70. The van der Waals surface area contributed by atoms with Gasteiger partial charge in [0.25, 0.3) is 5.91 Å². The van der Waals surface area contributed by atoms with Gasteiger partial charge in [0, 0.05) is 31.4 Å². The lowest BCUT2D eigenvalue weighted by molar-refractivity contribution is -0.121. The minimum Gasteiger partial charge on any atom is -0.339 e. The molecule has 0 radical (unpaired) electrons. The average molecular weight is 274 g/mol. The van der Waals surface area contributed by atoms with Crippen LogP contribution in [0.25, 0.3) is 0 Å². The predicted octanol–water partition coefficient (Wildman–Crippen LogP) is 2.42. The van der Waals surface area contributed by atoms with E-state index in [1.54, 1.807) is 16.8 Å². The largest absolute Gasteiger partial charge is 0.339 e. The van der Waals surface area contributed by atoms with E-state index < -0.39 is 5.41 Å². The van der Waals surface area contributed by atoms with Gasteiger partial charge in [0.1, 0.15) is 0 Å². The quantitative estimate of drug-likeness (QED) is 0.849. The normalized spacial score (nSPS) is 16.2. The number of anilines is 1. The monoisotopic (exact) mass is 274 g/mol. The number of hydrogen-bond acceptors (Lipinski definition) is 2. The smallest absolute Gasteiger partial charge is 0.253 e. The summed E-state index contributed by atoms with van der Waals surface area (Å²) in [5, 5.41) is 0. The van der Waals surface area contributed by atoms with Crippen LogP contribution in [-0.2, 0) is 10.2 Å². The van der Waals surface area contributed by atoms with Gasteiger partial charge in [-0.1, -0.05) is 0 Å². The Morgan fingerprint density at radius 2 is 1.85 bits per heavy atom. The van der Waals surface area contributed by atoms with Crippen molar-refractivity contribution in [1.29, 1.82) is 0 Å². The van der Waals surface area contributed by atoms with E-state index >= 15 is 0 Å².